The number of fused-ring (bicyclic) bond motifs is 1. The Hall–Kier alpha value is -2.94. The van der Waals surface area contributed by atoms with Crippen molar-refractivity contribution in [3.8, 4) is 11.1 Å². The van der Waals surface area contributed by atoms with Crippen LogP contribution in [-0.2, 0) is 0 Å². The van der Waals surface area contributed by atoms with Gasteiger partial charge in [0.15, 0.2) is 0 Å². The van der Waals surface area contributed by atoms with Crippen LogP contribution in [0.4, 0.5) is 0 Å². The summed E-state index contributed by atoms with van der Waals surface area (Å²) in [6.45, 7) is 17.0. The van der Waals surface area contributed by atoms with E-state index in [9.17, 15) is 0 Å². The average Bonchev–Trinajstić information content (AvgIpc) is 3.07. The Labute approximate surface area is 144 Å². The summed E-state index contributed by atoms with van der Waals surface area (Å²) in [6, 6.07) is 8.08. The van der Waals surface area contributed by atoms with E-state index in [0.717, 1.165) is 28.0 Å². The fourth-order valence-electron chi connectivity index (χ4n) is 2.05. The fraction of sp³-hybridized carbons (Fsp3) is 0.143. The van der Waals surface area contributed by atoms with Crippen LogP contribution in [0, 0.1) is 0 Å². The lowest BCUT2D eigenvalue weighted by molar-refractivity contribution is 1.16. The molecule has 0 saturated carbocycles. The number of rotatable bonds is 3. The molecule has 3 heteroatoms. The number of imidazole rings is 1. The van der Waals surface area contributed by atoms with Gasteiger partial charge in [0.2, 0.25) is 0 Å². The minimum absolute atomic E-state index is 0.865. The molecule has 3 heterocycles. The monoisotopic (exact) mass is 319 g/mol. The maximum atomic E-state index is 4.41. The first kappa shape index (κ1) is 19.1. The zero-order chi connectivity index (χ0) is 17.9. The van der Waals surface area contributed by atoms with Gasteiger partial charge in [0.1, 0.15) is 5.65 Å². The topological polar surface area (TPSA) is 30.2 Å². The first-order valence-electron chi connectivity index (χ1n) is 7.97. The summed E-state index contributed by atoms with van der Waals surface area (Å²) in [5, 5.41) is 0. The highest BCUT2D eigenvalue weighted by Gasteiger charge is 2.06. The Bertz CT molecular complexity index is 798. The third-order valence-electron chi connectivity index (χ3n) is 3.10. The highest BCUT2D eigenvalue weighted by atomic mass is 15.0. The minimum atomic E-state index is 0.865. The Balaban J connectivity index is 0.000000521. The van der Waals surface area contributed by atoms with Gasteiger partial charge in [0, 0.05) is 18.6 Å². The predicted molar refractivity (Wildman–Crippen MR) is 105 cm³/mol. The molecule has 0 saturated heterocycles. The van der Waals surface area contributed by atoms with Crippen LogP contribution in [0.2, 0.25) is 0 Å². The second-order valence-corrected chi connectivity index (χ2v) is 4.66. The first-order chi connectivity index (χ1) is 11.7. The van der Waals surface area contributed by atoms with Gasteiger partial charge >= 0.3 is 0 Å². The van der Waals surface area contributed by atoms with Crippen LogP contribution in [-0.4, -0.2) is 14.4 Å². The summed E-state index contributed by atoms with van der Waals surface area (Å²) in [7, 11) is 0. The molecule has 0 amide bonds. The van der Waals surface area contributed by atoms with E-state index in [4.69, 9.17) is 0 Å². The van der Waals surface area contributed by atoms with Crippen LogP contribution in [0.5, 0.6) is 0 Å². The van der Waals surface area contributed by atoms with Crippen molar-refractivity contribution in [2.45, 2.75) is 20.8 Å². The SMILES string of the molecule is C=CC.C=CC(=C)c1cnc2cc(-c3ccncc3)ccn12.CC. The second-order valence-electron chi connectivity index (χ2n) is 4.66. The van der Waals surface area contributed by atoms with Gasteiger partial charge in [0.25, 0.3) is 0 Å². The van der Waals surface area contributed by atoms with Crippen molar-refractivity contribution in [2.24, 2.45) is 0 Å². The van der Waals surface area contributed by atoms with Gasteiger partial charge in [0.05, 0.1) is 11.9 Å². The number of pyridine rings is 2. The molecule has 0 fully saturated rings. The highest BCUT2D eigenvalue weighted by Crippen LogP contribution is 2.22. The number of allylic oxidation sites excluding steroid dienone is 3. The van der Waals surface area contributed by atoms with Gasteiger partial charge in [-0.25, -0.2) is 4.98 Å². The molecule has 0 aliphatic rings. The fourth-order valence-corrected chi connectivity index (χ4v) is 2.05. The van der Waals surface area contributed by atoms with Gasteiger partial charge in [-0.15, -0.1) is 6.58 Å². The molecule has 3 rings (SSSR count). The molecule has 0 aliphatic carbocycles. The number of hydrogen-bond acceptors (Lipinski definition) is 2. The summed E-state index contributed by atoms with van der Waals surface area (Å²) >= 11 is 0. The quantitative estimate of drug-likeness (QED) is 0.450. The van der Waals surface area contributed by atoms with E-state index in [0.29, 0.717) is 0 Å². The Morgan fingerprint density at radius 3 is 2.29 bits per heavy atom. The molecule has 0 aliphatic heterocycles. The van der Waals surface area contributed by atoms with Crippen molar-refractivity contribution < 1.29 is 0 Å². The maximum absolute atomic E-state index is 4.41. The van der Waals surface area contributed by atoms with E-state index in [2.05, 4.69) is 41.8 Å². The second kappa shape index (κ2) is 9.95. The van der Waals surface area contributed by atoms with Crippen molar-refractivity contribution in [3.05, 3.63) is 86.6 Å². The molecule has 0 spiro atoms. The number of nitrogens with zero attached hydrogens (tertiary/aromatic N) is 3. The zero-order valence-electron chi connectivity index (χ0n) is 14.7. The summed E-state index contributed by atoms with van der Waals surface area (Å²) in [6.07, 6.45) is 10.9. The Morgan fingerprint density at radius 2 is 1.71 bits per heavy atom. The molecule has 0 radical (unpaired) electrons. The van der Waals surface area contributed by atoms with Crippen molar-refractivity contribution in [2.75, 3.05) is 0 Å². The lowest BCUT2D eigenvalue weighted by atomic mass is 10.1. The number of aromatic nitrogens is 3. The van der Waals surface area contributed by atoms with Crippen molar-refractivity contribution >= 4 is 11.2 Å². The summed E-state index contributed by atoms with van der Waals surface area (Å²) in [5.41, 5.74) is 4.98. The van der Waals surface area contributed by atoms with Crippen LogP contribution < -0.4 is 0 Å². The average molecular weight is 319 g/mol. The molecular weight excluding hydrogens is 294 g/mol. The van der Waals surface area contributed by atoms with Crippen molar-refractivity contribution in [1.29, 1.82) is 0 Å². The van der Waals surface area contributed by atoms with Crippen molar-refractivity contribution in [1.82, 2.24) is 14.4 Å². The molecule has 0 unspecified atom stereocenters. The third-order valence-corrected chi connectivity index (χ3v) is 3.10. The molecule has 3 aromatic heterocycles. The van der Waals surface area contributed by atoms with E-state index < -0.39 is 0 Å². The number of hydrogen-bond donors (Lipinski definition) is 0. The standard InChI is InChI=1S/C16H13N3.C3H6.C2H6/c1-3-12(2)15-11-18-16-10-14(6-9-19(15)16)13-4-7-17-8-5-13;1-3-2;1-2/h3-11H,1-2H2;3H,1H2,2H3;1-2H3. The Morgan fingerprint density at radius 1 is 1.08 bits per heavy atom. The minimum Gasteiger partial charge on any atom is -0.300 e. The molecular formula is C21H25N3. The van der Waals surface area contributed by atoms with Crippen molar-refractivity contribution in [3.63, 3.8) is 0 Å². The van der Waals surface area contributed by atoms with E-state index in [1.807, 2.05) is 49.7 Å². The van der Waals surface area contributed by atoms with Crippen LogP contribution in [0.15, 0.2) is 80.9 Å². The summed E-state index contributed by atoms with van der Waals surface area (Å²) in [4.78, 5) is 8.44. The normalized spacial score (nSPS) is 9.12. The molecule has 0 aromatic carbocycles. The van der Waals surface area contributed by atoms with Crippen LogP contribution >= 0.6 is 0 Å². The first-order valence-corrected chi connectivity index (χ1v) is 7.97. The third kappa shape index (κ3) is 4.53. The van der Waals surface area contributed by atoms with Gasteiger partial charge in [-0.1, -0.05) is 39.2 Å². The van der Waals surface area contributed by atoms with E-state index >= 15 is 0 Å². The summed E-state index contributed by atoms with van der Waals surface area (Å²) < 4.78 is 2.01. The van der Waals surface area contributed by atoms with Gasteiger partial charge in [-0.2, -0.15) is 0 Å². The molecule has 0 bridgehead atoms. The zero-order valence-corrected chi connectivity index (χ0v) is 14.7. The van der Waals surface area contributed by atoms with E-state index in [1.165, 1.54) is 0 Å². The van der Waals surface area contributed by atoms with Crippen LogP contribution in [0.25, 0.3) is 22.3 Å². The van der Waals surface area contributed by atoms with Crippen LogP contribution in [0.1, 0.15) is 26.5 Å². The van der Waals surface area contributed by atoms with Gasteiger partial charge < -0.3 is 0 Å². The molecule has 124 valence electrons. The molecule has 3 aromatic rings. The van der Waals surface area contributed by atoms with E-state index in [-0.39, 0.29) is 0 Å². The summed E-state index contributed by atoms with van der Waals surface area (Å²) in [5.74, 6) is 0. The van der Waals surface area contributed by atoms with Gasteiger partial charge in [-0.05, 0) is 47.9 Å². The highest BCUT2D eigenvalue weighted by molar-refractivity contribution is 5.73. The Kier molecular flexibility index (Phi) is 7.92. The molecule has 0 atom stereocenters. The predicted octanol–water partition coefficient (Wildman–Crippen LogP) is 5.81. The molecule has 0 N–H and O–H groups in total. The van der Waals surface area contributed by atoms with Gasteiger partial charge in [-0.3, -0.25) is 9.38 Å². The van der Waals surface area contributed by atoms with E-state index in [1.54, 1.807) is 24.5 Å². The lowest BCUT2D eigenvalue weighted by Crippen LogP contribution is -1.90. The largest absolute Gasteiger partial charge is 0.300 e. The lowest BCUT2D eigenvalue weighted by Gasteiger charge is -2.04. The molecule has 24 heavy (non-hydrogen) atoms. The molecule has 3 nitrogen and oxygen atoms in total. The maximum Gasteiger partial charge on any atom is 0.137 e. The van der Waals surface area contributed by atoms with Crippen LogP contribution in [0.3, 0.4) is 0 Å². The smallest absolute Gasteiger partial charge is 0.137 e.